The van der Waals surface area contributed by atoms with Crippen molar-refractivity contribution >= 4 is 34.5 Å². The largest absolute Gasteiger partial charge is 0.465 e. The number of hydrogen-bond donors (Lipinski definition) is 0. The van der Waals surface area contributed by atoms with E-state index in [0.29, 0.717) is 19.3 Å². The molecule has 0 heterocycles. The number of halogens is 1. The average Bonchev–Trinajstić information content (AvgIpc) is 2.29. The van der Waals surface area contributed by atoms with Crippen LogP contribution in [0.25, 0.3) is 0 Å². The molecule has 0 aliphatic carbocycles. The lowest BCUT2D eigenvalue weighted by Gasteiger charge is -2.13. The van der Waals surface area contributed by atoms with Crippen molar-refractivity contribution in [3.8, 4) is 9.85 Å². The smallest absolute Gasteiger partial charge is 0.320 e. The molecular weight excluding hydrogens is 335 g/mol. The Morgan fingerprint density at radius 2 is 1.71 bits per heavy atom. The highest BCUT2D eigenvalue weighted by Crippen LogP contribution is 2.13. The Balaban J connectivity index is 4.32. The van der Waals surface area contributed by atoms with E-state index in [-0.39, 0.29) is 13.2 Å². The monoisotopic (exact) mass is 352 g/mol. The highest BCUT2D eigenvalue weighted by molar-refractivity contribution is 14.1. The maximum absolute atomic E-state index is 11.6. The molecule has 96 valence electrons. The first-order valence-corrected chi connectivity index (χ1v) is 6.66. The molecular formula is C12H17IO4. The first kappa shape index (κ1) is 16.2. The molecule has 0 bridgehead atoms. The average molecular weight is 352 g/mol. The Morgan fingerprint density at radius 3 is 2.12 bits per heavy atom. The third-order valence-electron chi connectivity index (χ3n) is 2.00. The summed E-state index contributed by atoms with van der Waals surface area (Å²) in [6.45, 7) is 3.95. The predicted molar refractivity (Wildman–Crippen MR) is 72.4 cm³/mol. The van der Waals surface area contributed by atoms with Crippen LogP contribution in [0.3, 0.4) is 0 Å². The van der Waals surface area contributed by atoms with Gasteiger partial charge in [0.05, 0.1) is 13.2 Å². The van der Waals surface area contributed by atoms with E-state index in [2.05, 4.69) is 9.85 Å². The van der Waals surface area contributed by atoms with Crippen molar-refractivity contribution in [2.45, 2.75) is 33.1 Å². The van der Waals surface area contributed by atoms with Crippen molar-refractivity contribution in [1.29, 1.82) is 0 Å². The van der Waals surface area contributed by atoms with Crippen LogP contribution in [0.2, 0.25) is 0 Å². The van der Waals surface area contributed by atoms with Gasteiger partial charge in [0.2, 0.25) is 0 Å². The molecule has 0 saturated carbocycles. The Morgan fingerprint density at radius 1 is 1.18 bits per heavy atom. The number of carbonyl (C=O) groups is 2. The predicted octanol–water partition coefficient (Wildman–Crippen LogP) is 2.29. The van der Waals surface area contributed by atoms with Crippen molar-refractivity contribution in [2.75, 3.05) is 13.2 Å². The van der Waals surface area contributed by atoms with Crippen LogP contribution >= 0.6 is 22.6 Å². The van der Waals surface area contributed by atoms with Crippen molar-refractivity contribution in [1.82, 2.24) is 0 Å². The van der Waals surface area contributed by atoms with Gasteiger partial charge in [0.1, 0.15) is 0 Å². The zero-order chi connectivity index (χ0) is 13.1. The molecule has 17 heavy (non-hydrogen) atoms. The van der Waals surface area contributed by atoms with Crippen LogP contribution < -0.4 is 0 Å². The maximum Gasteiger partial charge on any atom is 0.320 e. The molecule has 0 aliphatic rings. The number of carbonyl (C=O) groups excluding carboxylic acids is 2. The standard InChI is InChI=1S/C12H17IO4/c1-3-16-11(14)10(12(15)17-4-2)8-6-5-7-9-13/h10H,3-6,8H2,1-2H3. The molecule has 0 radical (unpaired) electrons. The lowest BCUT2D eigenvalue weighted by atomic mass is 10.0. The Labute approximate surface area is 116 Å². The van der Waals surface area contributed by atoms with Gasteiger partial charge in [-0.15, -0.1) is 0 Å². The number of ether oxygens (including phenoxy) is 2. The van der Waals surface area contributed by atoms with E-state index in [9.17, 15) is 9.59 Å². The molecule has 0 rings (SSSR count). The van der Waals surface area contributed by atoms with E-state index >= 15 is 0 Å². The topological polar surface area (TPSA) is 52.6 Å². The van der Waals surface area contributed by atoms with E-state index < -0.39 is 17.9 Å². The van der Waals surface area contributed by atoms with Gasteiger partial charge in [-0.1, -0.05) is 5.92 Å². The molecule has 0 aromatic carbocycles. The second-order valence-corrected chi connectivity index (χ2v) is 3.76. The first-order chi connectivity index (χ1) is 8.17. The summed E-state index contributed by atoms with van der Waals surface area (Å²) in [6, 6.07) is 0. The second kappa shape index (κ2) is 10.4. The fourth-order valence-electron chi connectivity index (χ4n) is 1.26. The zero-order valence-corrected chi connectivity index (χ0v) is 12.3. The van der Waals surface area contributed by atoms with Gasteiger partial charge in [-0.25, -0.2) is 0 Å². The summed E-state index contributed by atoms with van der Waals surface area (Å²) in [6.07, 6.45) is 1.76. The summed E-state index contributed by atoms with van der Waals surface area (Å²) in [5, 5.41) is 0. The summed E-state index contributed by atoms with van der Waals surface area (Å²) in [5.41, 5.74) is 0. The van der Waals surface area contributed by atoms with Gasteiger partial charge in [-0.3, -0.25) is 9.59 Å². The van der Waals surface area contributed by atoms with Crippen molar-refractivity contribution < 1.29 is 19.1 Å². The molecule has 0 spiro atoms. The fourth-order valence-corrected chi connectivity index (χ4v) is 1.53. The van der Waals surface area contributed by atoms with Crippen molar-refractivity contribution in [2.24, 2.45) is 5.92 Å². The van der Waals surface area contributed by atoms with Crippen LogP contribution in [-0.4, -0.2) is 25.2 Å². The van der Waals surface area contributed by atoms with Gasteiger partial charge in [-0.05, 0) is 30.6 Å². The summed E-state index contributed by atoms with van der Waals surface area (Å²) in [7, 11) is 0. The molecule has 0 aliphatic heterocycles. The molecule has 0 saturated heterocycles. The third-order valence-corrected chi connectivity index (χ3v) is 2.39. The van der Waals surface area contributed by atoms with Gasteiger partial charge < -0.3 is 9.47 Å². The van der Waals surface area contributed by atoms with E-state index in [0.717, 1.165) is 0 Å². The van der Waals surface area contributed by atoms with Gasteiger partial charge in [-0.2, -0.15) is 0 Å². The lowest BCUT2D eigenvalue weighted by Crippen LogP contribution is -2.28. The summed E-state index contributed by atoms with van der Waals surface area (Å²) >= 11 is 1.95. The van der Waals surface area contributed by atoms with Gasteiger partial charge in [0.15, 0.2) is 5.92 Å². The van der Waals surface area contributed by atoms with Crippen LogP contribution in [0.15, 0.2) is 0 Å². The maximum atomic E-state index is 11.6. The van der Waals surface area contributed by atoms with Crippen LogP contribution in [0, 0.1) is 15.8 Å². The van der Waals surface area contributed by atoms with E-state index in [1.54, 1.807) is 13.8 Å². The lowest BCUT2D eigenvalue weighted by molar-refractivity contribution is -0.161. The summed E-state index contributed by atoms with van der Waals surface area (Å²) in [5.74, 6) is 1.05. The van der Waals surface area contributed by atoms with E-state index in [1.807, 2.05) is 22.6 Å². The van der Waals surface area contributed by atoms with Crippen molar-refractivity contribution in [3.63, 3.8) is 0 Å². The molecule has 0 atom stereocenters. The van der Waals surface area contributed by atoms with Gasteiger partial charge in [0, 0.05) is 29.0 Å². The van der Waals surface area contributed by atoms with Gasteiger partial charge >= 0.3 is 11.9 Å². The molecule has 5 heteroatoms. The molecule has 0 fully saturated rings. The number of hydrogen-bond acceptors (Lipinski definition) is 4. The summed E-state index contributed by atoms with van der Waals surface area (Å²) in [4.78, 5) is 23.1. The molecule has 0 unspecified atom stereocenters. The second-order valence-electron chi connectivity index (χ2n) is 3.22. The highest BCUT2D eigenvalue weighted by atomic mass is 127. The first-order valence-electron chi connectivity index (χ1n) is 5.59. The minimum absolute atomic E-state index is 0.266. The van der Waals surface area contributed by atoms with Crippen LogP contribution in [0.5, 0.6) is 0 Å². The molecule has 0 aromatic rings. The van der Waals surface area contributed by atoms with Gasteiger partial charge in [0.25, 0.3) is 0 Å². The van der Waals surface area contributed by atoms with Crippen LogP contribution in [0.4, 0.5) is 0 Å². The van der Waals surface area contributed by atoms with Crippen LogP contribution in [-0.2, 0) is 19.1 Å². The Bertz CT molecular complexity index is 285. The SMILES string of the molecule is CCOC(=O)C(CCCC#CI)C(=O)OCC. The molecule has 0 N–H and O–H groups in total. The number of rotatable bonds is 7. The molecule has 4 nitrogen and oxygen atoms in total. The summed E-state index contributed by atoms with van der Waals surface area (Å²) < 4.78 is 12.4. The number of esters is 2. The van der Waals surface area contributed by atoms with Crippen LogP contribution in [0.1, 0.15) is 33.1 Å². The highest BCUT2D eigenvalue weighted by Gasteiger charge is 2.28. The zero-order valence-electron chi connectivity index (χ0n) is 10.1. The minimum atomic E-state index is -0.814. The molecule has 0 aromatic heterocycles. The Hall–Kier alpha value is -0.770. The molecule has 0 amide bonds. The quantitative estimate of drug-likeness (QED) is 0.232. The van der Waals surface area contributed by atoms with Crippen molar-refractivity contribution in [3.05, 3.63) is 0 Å². The normalized spacial score (nSPS) is 9.41. The van der Waals surface area contributed by atoms with E-state index in [4.69, 9.17) is 9.47 Å². The Kier molecular flexibility index (Phi) is 9.92. The minimum Gasteiger partial charge on any atom is -0.465 e. The number of unbranched alkanes of at least 4 members (excludes halogenated alkanes) is 1. The fraction of sp³-hybridized carbons (Fsp3) is 0.667. The third kappa shape index (κ3) is 7.21. The van der Waals surface area contributed by atoms with E-state index in [1.165, 1.54) is 0 Å².